The number of rotatable bonds is 8. The third kappa shape index (κ3) is 5.37. The minimum absolute atomic E-state index is 0.227. The van der Waals surface area contributed by atoms with Crippen molar-refractivity contribution in [3.05, 3.63) is 45.7 Å². The molecular weight excluding hydrogens is 511 g/mol. The molecule has 0 bridgehead atoms. The molecule has 1 aromatic carbocycles. The van der Waals surface area contributed by atoms with Gasteiger partial charge in [0.05, 0.1) is 12.2 Å². The summed E-state index contributed by atoms with van der Waals surface area (Å²) in [4.78, 5) is 25.2. The van der Waals surface area contributed by atoms with Crippen LogP contribution in [0.2, 0.25) is 10.0 Å². The van der Waals surface area contributed by atoms with Crippen LogP contribution in [-0.2, 0) is 4.79 Å². The Morgan fingerprint density at radius 3 is 2.81 bits per heavy atom. The summed E-state index contributed by atoms with van der Waals surface area (Å²) in [7, 11) is 0. The molecule has 0 radical (unpaired) electrons. The van der Waals surface area contributed by atoms with E-state index in [2.05, 4.69) is 26.0 Å². The van der Waals surface area contributed by atoms with Crippen LogP contribution in [0, 0.1) is 23.2 Å². The summed E-state index contributed by atoms with van der Waals surface area (Å²) in [6.45, 7) is 6.91. The summed E-state index contributed by atoms with van der Waals surface area (Å²) < 4.78 is 1.72. The molecule has 4 heterocycles. The molecule has 2 aromatic heterocycles. The normalized spacial score (nSPS) is 19.5. The average Bonchev–Trinajstić information content (AvgIpc) is 3.21. The fourth-order valence-corrected chi connectivity index (χ4v) is 6.09. The molecule has 9 nitrogen and oxygen atoms in total. The topological polar surface area (TPSA) is 117 Å². The molecule has 5 rings (SSSR count). The average molecular weight is 541 g/mol. The van der Waals surface area contributed by atoms with Crippen molar-refractivity contribution in [1.29, 1.82) is 5.26 Å². The van der Waals surface area contributed by atoms with Crippen molar-refractivity contribution in [3.63, 3.8) is 0 Å². The lowest BCUT2D eigenvalue weighted by Gasteiger charge is -2.47. The number of nitrogens with two attached hydrogens (primary N) is 1. The Bertz CT molecular complexity index is 1350. The summed E-state index contributed by atoms with van der Waals surface area (Å²) >= 11 is 12.5. The number of aromatic nitrogens is 4. The minimum Gasteiger partial charge on any atom is -0.370 e. The highest BCUT2D eigenvalue weighted by Crippen LogP contribution is 2.35. The van der Waals surface area contributed by atoms with Crippen molar-refractivity contribution >= 4 is 46.1 Å². The van der Waals surface area contributed by atoms with Crippen LogP contribution in [0.5, 0.6) is 0 Å². The predicted molar refractivity (Wildman–Crippen MR) is 144 cm³/mol. The molecular formula is C26H30Cl2N8O. The predicted octanol–water partition coefficient (Wildman–Crippen LogP) is 4.03. The van der Waals surface area contributed by atoms with Gasteiger partial charge in [-0.05, 0) is 68.8 Å². The number of halogens is 2. The van der Waals surface area contributed by atoms with Crippen LogP contribution in [0.3, 0.4) is 0 Å². The maximum Gasteiger partial charge on any atom is 0.217 e. The lowest BCUT2D eigenvalue weighted by molar-refractivity contribution is -0.118. The molecule has 0 unspecified atom stereocenters. The Labute approximate surface area is 226 Å². The minimum atomic E-state index is -0.258. The summed E-state index contributed by atoms with van der Waals surface area (Å²) in [5, 5.41) is 15.2. The van der Waals surface area contributed by atoms with Gasteiger partial charge < -0.3 is 15.5 Å². The van der Waals surface area contributed by atoms with E-state index >= 15 is 0 Å². The van der Waals surface area contributed by atoms with Crippen molar-refractivity contribution in [1.82, 2.24) is 24.6 Å². The monoisotopic (exact) mass is 540 g/mol. The van der Waals surface area contributed by atoms with Crippen LogP contribution >= 0.6 is 23.2 Å². The molecule has 2 fully saturated rings. The van der Waals surface area contributed by atoms with Crippen molar-refractivity contribution in [2.45, 2.75) is 38.6 Å². The molecule has 0 spiro atoms. The highest BCUT2D eigenvalue weighted by Gasteiger charge is 2.36. The van der Waals surface area contributed by atoms with Crippen molar-refractivity contribution < 1.29 is 4.79 Å². The fraction of sp³-hybridized carbons (Fsp3) is 0.500. The second kappa shape index (κ2) is 10.8. The van der Waals surface area contributed by atoms with E-state index in [0.717, 1.165) is 50.5 Å². The zero-order valence-electron chi connectivity index (χ0n) is 20.8. The third-order valence-electron chi connectivity index (χ3n) is 7.62. The van der Waals surface area contributed by atoms with Gasteiger partial charge in [-0.3, -0.25) is 4.79 Å². The van der Waals surface area contributed by atoms with E-state index in [1.165, 1.54) is 12.8 Å². The van der Waals surface area contributed by atoms with Crippen LogP contribution in [0.15, 0.2) is 24.4 Å². The van der Waals surface area contributed by atoms with Gasteiger partial charge in [0.15, 0.2) is 11.3 Å². The standard InChI is InChI=1S/C26H30Cl2N8O/c1-16(20-7-6-19(27)10-21(20)28)36-26-25(22(11-29)33-36)31-12-24(32-26)35-14-18(15-35)17-4-2-8-34(13-17)9-3-5-23(30)37/h6-7,10,12,16-18H,2-5,8-9,13-15H2,1H3,(H2,30,37)/t16-,17+/m1/s1. The van der Waals surface area contributed by atoms with Crippen LogP contribution < -0.4 is 10.6 Å². The SMILES string of the molecule is C[C@H](c1ccc(Cl)cc1Cl)n1nc(C#N)c2ncc(N3CC([C@H]4CCCN(CCCC(N)=O)C4)C3)nc21. The van der Waals surface area contributed by atoms with E-state index in [1.807, 2.05) is 13.0 Å². The number of primary amides is 1. The number of amides is 1. The van der Waals surface area contributed by atoms with Gasteiger partial charge in [-0.25, -0.2) is 14.6 Å². The van der Waals surface area contributed by atoms with Crippen LogP contribution in [0.25, 0.3) is 11.2 Å². The maximum atomic E-state index is 11.1. The Kier molecular flexibility index (Phi) is 7.52. The zero-order valence-corrected chi connectivity index (χ0v) is 22.3. The summed E-state index contributed by atoms with van der Waals surface area (Å²) in [5.41, 5.74) is 7.42. The summed E-state index contributed by atoms with van der Waals surface area (Å²) in [6.07, 6.45) is 5.43. The van der Waals surface area contributed by atoms with Crippen LogP contribution in [-0.4, -0.2) is 63.3 Å². The Balaban J connectivity index is 1.30. The molecule has 194 valence electrons. The van der Waals surface area contributed by atoms with Gasteiger partial charge in [0.25, 0.3) is 0 Å². The van der Waals surface area contributed by atoms with Crippen LogP contribution in [0.4, 0.5) is 5.82 Å². The van der Waals surface area contributed by atoms with E-state index in [0.29, 0.717) is 39.5 Å². The zero-order chi connectivity index (χ0) is 26.1. The first-order valence-electron chi connectivity index (χ1n) is 12.7. The largest absolute Gasteiger partial charge is 0.370 e. The number of nitriles is 1. The second-order valence-electron chi connectivity index (χ2n) is 10.1. The third-order valence-corrected chi connectivity index (χ3v) is 8.18. The first kappa shape index (κ1) is 25.7. The highest BCUT2D eigenvalue weighted by atomic mass is 35.5. The number of hydrogen-bond donors (Lipinski definition) is 1. The summed E-state index contributed by atoms with van der Waals surface area (Å²) in [5.74, 6) is 1.80. The molecule has 2 aliphatic rings. The van der Waals surface area contributed by atoms with E-state index in [-0.39, 0.29) is 17.6 Å². The maximum absolute atomic E-state index is 11.1. The number of benzene rings is 1. The first-order valence-corrected chi connectivity index (χ1v) is 13.5. The number of carbonyl (C=O) groups excluding carboxylic acids is 1. The molecule has 2 atom stereocenters. The highest BCUT2D eigenvalue weighted by molar-refractivity contribution is 6.35. The van der Waals surface area contributed by atoms with E-state index in [9.17, 15) is 10.1 Å². The fourth-order valence-electron chi connectivity index (χ4n) is 5.52. The number of fused-ring (bicyclic) bond motifs is 1. The molecule has 3 aromatic rings. The van der Waals surface area contributed by atoms with E-state index < -0.39 is 0 Å². The van der Waals surface area contributed by atoms with Gasteiger partial charge in [-0.2, -0.15) is 10.4 Å². The van der Waals surface area contributed by atoms with Crippen molar-refractivity contribution in [2.24, 2.45) is 17.6 Å². The lowest BCUT2D eigenvalue weighted by atomic mass is 9.80. The number of anilines is 1. The van der Waals surface area contributed by atoms with Gasteiger partial charge in [-0.1, -0.05) is 29.3 Å². The lowest BCUT2D eigenvalue weighted by Crippen LogP contribution is -2.54. The van der Waals surface area contributed by atoms with Crippen LogP contribution in [0.1, 0.15) is 49.9 Å². The van der Waals surface area contributed by atoms with Gasteiger partial charge in [0.2, 0.25) is 5.91 Å². The molecule has 1 amide bonds. The molecule has 2 aliphatic heterocycles. The smallest absolute Gasteiger partial charge is 0.217 e. The Hall–Kier alpha value is -2.93. The summed E-state index contributed by atoms with van der Waals surface area (Å²) in [6, 6.07) is 7.24. The molecule has 37 heavy (non-hydrogen) atoms. The first-order chi connectivity index (χ1) is 17.8. The Morgan fingerprint density at radius 1 is 1.27 bits per heavy atom. The number of nitrogens with zero attached hydrogens (tertiary/aromatic N) is 7. The molecule has 0 aliphatic carbocycles. The van der Waals surface area contributed by atoms with Gasteiger partial charge >= 0.3 is 0 Å². The van der Waals surface area contributed by atoms with E-state index in [4.69, 9.17) is 33.9 Å². The number of hydrogen-bond acceptors (Lipinski definition) is 7. The second-order valence-corrected chi connectivity index (χ2v) is 10.9. The molecule has 0 saturated carbocycles. The molecule has 2 N–H and O–H groups in total. The molecule has 11 heteroatoms. The number of piperidine rings is 1. The van der Waals surface area contributed by atoms with Crippen molar-refractivity contribution in [2.75, 3.05) is 37.6 Å². The Morgan fingerprint density at radius 2 is 2.08 bits per heavy atom. The van der Waals surface area contributed by atoms with Gasteiger partial charge in [0.1, 0.15) is 17.4 Å². The number of likely N-dealkylation sites (tertiary alicyclic amines) is 1. The quantitative estimate of drug-likeness (QED) is 0.458. The van der Waals surface area contributed by atoms with Gasteiger partial charge in [-0.15, -0.1) is 0 Å². The van der Waals surface area contributed by atoms with E-state index in [1.54, 1.807) is 23.0 Å². The van der Waals surface area contributed by atoms with Gasteiger partial charge in [0, 0.05) is 36.1 Å². The van der Waals surface area contributed by atoms with Crippen molar-refractivity contribution in [3.8, 4) is 6.07 Å². The number of carbonyl (C=O) groups is 1. The molecule has 2 saturated heterocycles.